The number of amides is 1. The van der Waals surface area contributed by atoms with E-state index in [-0.39, 0.29) is 12.5 Å². The van der Waals surface area contributed by atoms with Crippen molar-refractivity contribution < 1.29 is 15.0 Å². The summed E-state index contributed by atoms with van der Waals surface area (Å²) in [5, 5.41) is 20.0. The van der Waals surface area contributed by atoms with Crippen molar-refractivity contribution >= 4 is 27.5 Å². The Morgan fingerprint density at radius 1 is 1.50 bits per heavy atom. The van der Waals surface area contributed by atoms with Gasteiger partial charge in [0.15, 0.2) is 5.60 Å². The fourth-order valence-corrected chi connectivity index (χ4v) is 3.10. The van der Waals surface area contributed by atoms with E-state index >= 15 is 0 Å². The lowest BCUT2D eigenvalue weighted by Gasteiger charge is -2.27. The summed E-state index contributed by atoms with van der Waals surface area (Å²) in [6, 6.07) is 5.45. The molecule has 1 aliphatic rings. The Bertz CT molecular complexity index is 614. The molecule has 2 rings (SSSR count). The highest BCUT2D eigenvalue weighted by atomic mass is 79.9. The highest BCUT2D eigenvalue weighted by molar-refractivity contribution is 9.10. The monoisotopic (exact) mass is 365 g/mol. The molecule has 0 spiro atoms. The van der Waals surface area contributed by atoms with E-state index in [2.05, 4.69) is 22.5 Å². The molecule has 0 aliphatic carbocycles. The van der Waals surface area contributed by atoms with Crippen LogP contribution in [0.3, 0.4) is 0 Å². The Hall–Kier alpha value is -1.43. The van der Waals surface area contributed by atoms with E-state index in [1.165, 1.54) is 0 Å². The highest BCUT2D eigenvalue weighted by Gasteiger charge is 2.52. The Morgan fingerprint density at radius 3 is 2.86 bits per heavy atom. The first-order chi connectivity index (χ1) is 10.5. The summed E-state index contributed by atoms with van der Waals surface area (Å²) < 4.78 is 0.810. The standard InChI is InChI=1S/C17H20BrNO3/c1-3-9-19-15-8-7-13(18)11-14(15)17(22,16(19)21)12(2)6-4-5-10-20/h3-4,6-8,11-12,20,22H,1,5,9-10H2,2H3/b6-4+/t12-,17+/m0/s1. The van der Waals surface area contributed by atoms with E-state index in [1.807, 2.05) is 12.1 Å². The van der Waals surface area contributed by atoms with Gasteiger partial charge in [0, 0.05) is 29.1 Å². The first-order valence-corrected chi connectivity index (χ1v) is 7.98. The molecule has 0 radical (unpaired) electrons. The minimum atomic E-state index is -1.60. The number of hydrogen-bond acceptors (Lipinski definition) is 3. The summed E-state index contributed by atoms with van der Waals surface area (Å²) in [6.07, 6.45) is 5.69. The van der Waals surface area contributed by atoms with Gasteiger partial charge in [-0.15, -0.1) is 6.58 Å². The van der Waals surface area contributed by atoms with E-state index in [4.69, 9.17) is 5.11 Å². The topological polar surface area (TPSA) is 60.8 Å². The predicted molar refractivity (Wildman–Crippen MR) is 90.6 cm³/mol. The van der Waals surface area contributed by atoms with Crippen LogP contribution in [0.2, 0.25) is 0 Å². The number of nitrogens with zero attached hydrogens (tertiary/aromatic N) is 1. The highest BCUT2D eigenvalue weighted by Crippen LogP contribution is 2.46. The van der Waals surface area contributed by atoms with Gasteiger partial charge < -0.3 is 15.1 Å². The Kier molecular flexibility index (Phi) is 5.21. The van der Waals surface area contributed by atoms with Crippen LogP contribution in [0.25, 0.3) is 0 Å². The lowest BCUT2D eigenvalue weighted by atomic mass is 9.83. The van der Waals surface area contributed by atoms with Crippen LogP contribution in [-0.4, -0.2) is 29.3 Å². The molecule has 1 aromatic carbocycles. The first-order valence-electron chi connectivity index (χ1n) is 7.19. The molecule has 0 unspecified atom stereocenters. The zero-order valence-electron chi connectivity index (χ0n) is 12.5. The third-order valence-electron chi connectivity index (χ3n) is 3.92. The van der Waals surface area contributed by atoms with Crippen LogP contribution in [0.15, 0.2) is 47.5 Å². The van der Waals surface area contributed by atoms with Gasteiger partial charge in [0.2, 0.25) is 0 Å². The molecule has 1 aromatic rings. The van der Waals surface area contributed by atoms with E-state index in [0.29, 0.717) is 24.2 Å². The zero-order valence-corrected chi connectivity index (χ0v) is 14.1. The minimum absolute atomic E-state index is 0.0420. The molecule has 1 heterocycles. The summed E-state index contributed by atoms with van der Waals surface area (Å²) in [4.78, 5) is 14.3. The number of carbonyl (C=O) groups is 1. The molecule has 2 N–H and O–H groups in total. The number of carbonyl (C=O) groups excluding carboxylic acids is 1. The molecular weight excluding hydrogens is 346 g/mol. The molecule has 0 fully saturated rings. The van der Waals surface area contributed by atoms with E-state index in [1.54, 1.807) is 36.1 Å². The van der Waals surface area contributed by atoms with Gasteiger partial charge in [0.05, 0.1) is 5.69 Å². The molecule has 118 valence electrons. The van der Waals surface area contributed by atoms with Crippen molar-refractivity contribution in [3.8, 4) is 0 Å². The maximum absolute atomic E-state index is 12.8. The minimum Gasteiger partial charge on any atom is -0.396 e. The molecule has 2 atom stereocenters. The zero-order chi connectivity index (χ0) is 16.3. The van der Waals surface area contributed by atoms with Gasteiger partial charge in [-0.2, -0.15) is 0 Å². The number of aliphatic hydroxyl groups excluding tert-OH is 1. The molecule has 1 aliphatic heterocycles. The summed E-state index contributed by atoms with van der Waals surface area (Å²) in [6.45, 7) is 5.87. The van der Waals surface area contributed by atoms with Crippen molar-refractivity contribution in [3.63, 3.8) is 0 Å². The van der Waals surface area contributed by atoms with Gasteiger partial charge in [-0.25, -0.2) is 0 Å². The number of aliphatic hydroxyl groups is 2. The molecule has 1 amide bonds. The normalized spacial score (nSPS) is 22.2. The number of halogens is 1. The number of anilines is 1. The van der Waals surface area contributed by atoms with Gasteiger partial charge in [0.1, 0.15) is 0 Å². The van der Waals surface area contributed by atoms with E-state index in [0.717, 1.165) is 4.47 Å². The van der Waals surface area contributed by atoms with Crippen LogP contribution >= 0.6 is 15.9 Å². The molecule has 5 heteroatoms. The summed E-state index contributed by atoms with van der Waals surface area (Å²) in [7, 11) is 0. The third-order valence-corrected chi connectivity index (χ3v) is 4.42. The molecule has 0 bridgehead atoms. The maximum Gasteiger partial charge on any atom is 0.264 e. The van der Waals surface area contributed by atoms with Crippen LogP contribution in [0.5, 0.6) is 0 Å². The second-order valence-electron chi connectivity index (χ2n) is 5.36. The second kappa shape index (κ2) is 6.77. The average molecular weight is 366 g/mol. The Labute approximate surface area is 138 Å². The quantitative estimate of drug-likeness (QED) is 0.762. The number of hydrogen-bond donors (Lipinski definition) is 2. The van der Waals surface area contributed by atoms with Crippen molar-refractivity contribution in [2.45, 2.75) is 18.9 Å². The Balaban J connectivity index is 2.49. The van der Waals surface area contributed by atoms with Crippen LogP contribution < -0.4 is 4.90 Å². The summed E-state index contributed by atoms with van der Waals surface area (Å²) in [5.74, 6) is -0.754. The van der Waals surface area contributed by atoms with Crippen molar-refractivity contribution in [2.75, 3.05) is 18.1 Å². The average Bonchev–Trinajstić information content (AvgIpc) is 2.71. The van der Waals surface area contributed by atoms with Crippen LogP contribution in [-0.2, 0) is 10.4 Å². The molecule has 0 saturated carbocycles. The number of fused-ring (bicyclic) bond motifs is 1. The lowest BCUT2D eigenvalue weighted by molar-refractivity contribution is -0.139. The van der Waals surface area contributed by atoms with E-state index < -0.39 is 11.5 Å². The van der Waals surface area contributed by atoms with Gasteiger partial charge in [-0.3, -0.25) is 4.79 Å². The van der Waals surface area contributed by atoms with E-state index in [9.17, 15) is 9.90 Å². The fraction of sp³-hybridized carbons (Fsp3) is 0.353. The largest absolute Gasteiger partial charge is 0.396 e. The fourth-order valence-electron chi connectivity index (χ4n) is 2.74. The van der Waals surface area contributed by atoms with Gasteiger partial charge >= 0.3 is 0 Å². The molecule has 0 saturated heterocycles. The molecule has 0 aromatic heterocycles. The summed E-state index contributed by atoms with van der Waals surface area (Å²) in [5.41, 5.74) is -0.304. The Morgan fingerprint density at radius 2 is 2.23 bits per heavy atom. The predicted octanol–water partition coefficient (Wildman–Crippen LogP) is 2.74. The first kappa shape index (κ1) is 16.9. The number of benzene rings is 1. The van der Waals surface area contributed by atoms with Crippen LogP contribution in [0.1, 0.15) is 18.9 Å². The number of rotatable bonds is 6. The van der Waals surface area contributed by atoms with Gasteiger partial charge in [-0.05, 0) is 24.6 Å². The van der Waals surface area contributed by atoms with Crippen molar-refractivity contribution in [3.05, 3.63) is 53.0 Å². The van der Waals surface area contributed by atoms with Crippen molar-refractivity contribution in [1.29, 1.82) is 0 Å². The van der Waals surface area contributed by atoms with Crippen LogP contribution in [0.4, 0.5) is 5.69 Å². The second-order valence-corrected chi connectivity index (χ2v) is 6.28. The smallest absolute Gasteiger partial charge is 0.264 e. The van der Waals surface area contributed by atoms with Gasteiger partial charge in [0.25, 0.3) is 5.91 Å². The maximum atomic E-state index is 12.8. The van der Waals surface area contributed by atoms with Gasteiger partial charge in [-0.1, -0.05) is 41.1 Å². The molecular formula is C17H20BrNO3. The van der Waals surface area contributed by atoms with Crippen molar-refractivity contribution in [1.82, 2.24) is 0 Å². The summed E-state index contributed by atoms with van der Waals surface area (Å²) >= 11 is 3.40. The molecule has 22 heavy (non-hydrogen) atoms. The van der Waals surface area contributed by atoms with Crippen molar-refractivity contribution in [2.24, 2.45) is 5.92 Å². The van der Waals surface area contributed by atoms with Crippen LogP contribution in [0, 0.1) is 5.92 Å². The SMILES string of the molecule is C=CCN1C(=O)[C@@](O)([C@@H](C)/C=C/CCO)c2cc(Br)ccc21. The molecule has 4 nitrogen and oxygen atoms in total. The third kappa shape index (κ3) is 2.76. The lowest BCUT2D eigenvalue weighted by Crippen LogP contribution is -2.44.